The Hall–Kier alpha value is -2.97. The van der Waals surface area contributed by atoms with Crippen LogP contribution in [0.25, 0.3) is 10.9 Å². The van der Waals surface area contributed by atoms with Gasteiger partial charge in [0.2, 0.25) is 0 Å². The van der Waals surface area contributed by atoms with Gasteiger partial charge in [-0.25, -0.2) is 8.42 Å². The van der Waals surface area contributed by atoms with Gasteiger partial charge in [-0.2, -0.15) is 0 Å². The predicted molar refractivity (Wildman–Crippen MR) is 110 cm³/mol. The summed E-state index contributed by atoms with van der Waals surface area (Å²) in [7, 11) is -3.86. The van der Waals surface area contributed by atoms with E-state index in [1.165, 1.54) is 6.07 Å². The Labute approximate surface area is 169 Å². The summed E-state index contributed by atoms with van der Waals surface area (Å²) >= 11 is 0. The van der Waals surface area contributed by atoms with Gasteiger partial charge >= 0.3 is 0 Å². The van der Waals surface area contributed by atoms with E-state index in [4.69, 9.17) is 0 Å². The zero-order chi connectivity index (χ0) is 20.8. The number of carbonyl (C=O) groups excluding carboxylic acids is 1. The lowest BCUT2D eigenvalue weighted by atomic mass is 9.95. The normalized spacial score (nSPS) is 15.8. The number of nitrogens with zero attached hydrogens (tertiary/aromatic N) is 2. The molecule has 1 saturated heterocycles. The van der Waals surface area contributed by atoms with Crippen molar-refractivity contribution in [3.05, 3.63) is 65.9 Å². The number of nitrogens with one attached hydrogen (secondary N) is 1. The van der Waals surface area contributed by atoms with Crippen LogP contribution >= 0.6 is 0 Å². The number of pyridine rings is 1. The first-order chi connectivity index (χ1) is 13.7. The van der Waals surface area contributed by atoms with Crippen LogP contribution in [-0.2, 0) is 10.0 Å². The average molecular weight is 411 g/mol. The summed E-state index contributed by atoms with van der Waals surface area (Å²) in [5, 5.41) is 10.5. The van der Waals surface area contributed by atoms with Crippen molar-refractivity contribution in [3.8, 4) is 0 Å². The minimum atomic E-state index is -3.86. The summed E-state index contributed by atoms with van der Waals surface area (Å²) in [5.41, 5.74) is 1.03. The number of aryl methyl sites for hydroxylation is 1. The highest BCUT2D eigenvalue weighted by molar-refractivity contribution is 7.93. The first-order valence-electron chi connectivity index (χ1n) is 9.15. The summed E-state index contributed by atoms with van der Waals surface area (Å²) in [5.74, 6) is -0.188. The van der Waals surface area contributed by atoms with E-state index in [1.807, 2.05) is 0 Å². The van der Waals surface area contributed by atoms with Crippen molar-refractivity contribution < 1.29 is 18.3 Å². The van der Waals surface area contributed by atoms with E-state index in [1.54, 1.807) is 67.4 Å². The molecule has 0 bridgehead atoms. The van der Waals surface area contributed by atoms with Gasteiger partial charge in [0.1, 0.15) is 4.90 Å². The number of aliphatic hydroxyl groups is 1. The van der Waals surface area contributed by atoms with E-state index >= 15 is 0 Å². The number of aromatic nitrogens is 1. The number of benzene rings is 2. The highest BCUT2D eigenvalue weighted by atomic mass is 32.2. The number of amides is 1. The van der Waals surface area contributed by atoms with E-state index in [-0.39, 0.29) is 23.9 Å². The molecule has 29 heavy (non-hydrogen) atoms. The van der Waals surface area contributed by atoms with Gasteiger partial charge in [-0.15, -0.1) is 0 Å². The van der Waals surface area contributed by atoms with Crippen LogP contribution in [0.2, 0.25) is 0 Å². The quantitative estimate of drug-likeness (QED) is 0.687. The fourth-order valence-electron chi connectivity index (χ4n) is 3.51. The van der Waals surface area contributed by atoms with Crippen molar-refractivity contribution in [2.75, 3.05) is 17.8 Å². The molecule has 1 aliphatic rings. The van der Waals surface area contributed by atoms with Crippen molar-refractivity contribution in [3.63, 3.8) is 0 Å². The maximum atomic E-state index is 13.0. The minimum absolute atomic E-state index is 0.0953. The fraction of sp³-hybridized carbons (Fsp3) is 0.238. The molecule has 0 unspecified atom stereocenters. The van der Waals surface area contributed by atoms with Crippen LogP contribution in [0.4, 0.5) is 5.69 Å². The van der Waals surface area contributed by atoms with E-state index in [0.717, 1.165) is 5.39 Å². The van der Waals surface area contributed by atoms with Crippen LogP contribution < -0.4 is 4.72 Å². The van der Waals surface area contributed by atoms with Gasteiger partial charge in [0.15, 0.2) is 0 Å². The zero-order valence-corrected chi connectivity index (χ0v) is 16.9. The molecule has 1 aliphatic heterocycles. The topological polar surface area (TPSA) is 99.6 Å². The number of carbonyl (C=O) groups is 1. The second-order valence-corrected chi connectivity index (χ2v) is 9.28. The molecular weight excluding hydrogens is 390 g/mol. The number of hydrogen-bond donors (Lipinski definition) is 2. The summed E-state index contributed by atoms with van der Waals surface area (Å²) in [6.45, 7) is 3.99. The van der Waals surface area contributed by atoms with Gasteiger partial charge < -0.3 is 10.0 Å². The van der Waals surface area contributed by atoms with Crippen molar-refractivity contribution in [1.29, 1.82) is 0 Å². The van der Waals surface area contributed by atoms with Crippen molar-refractivity contribution in [2.45, 2.75) is 24.3 Å². The van der Waals surface area contributed by atoms with Gasteiger partial charge in [0, 0.05) is 17.1 Å². The number of rotatable bonds is 4. The van der Waals surface area contributed by atoms with Gasteiger partial charge in [-0.3, -0.25) is 14.5 Å². The van der Waals surface area contributed by atoms with Crippen molar-refractivity contribution in [1.82, 2.24) is 9.88 Å². The van der Waals surface area contributed by atoms with Crippen molar-refractivity contribution in [2.24, 2.45) is 0 Å². The zero-order valence-electron chi connectivity index (χ0n) is 16.1. The lowest BCUT2D eigenvalue weighted by Crippen LogP contribution is -2.61. The Kier molecular flexibility index (Phi) is 4.55. The third-order valence-corrected chi connectivity index (χ3v) is 6.35. The lowest BCUT2D eigenvalue weighted by molar-refractivity contribution is -0.0668. The Morgan fingerprint density at radius 2 is 1.90 bits per heavy atom. The highest BCUT2D eigenvalue weighted by Crippen LogP contribution is 2.27. The molecule has 8 heteroatoms. The molecule has 7 nitrogen and oxygen atoms in total. The average Bonchev–Trinajstić information content (AvgIpc) is 2.66. The van der Waals surface area contributed by atoms with E-state index in [9.17, 15) is 18.3 Å². The summed E-state index contributed by atoms with van der Waals surface area (Å²) < 4.78 is 28.5. The number of anilines is 1. The molecule has 2 aromatic carbocycles. The standard InChI is InChI=1S/C21H21N3O4S/c1-14-11-16(20(25)24-12-21(2,26)13-24)8-9-17(14)23-29(27,28)18-7-3-5-15-6-4-10-22-19(15)18/h3-11,23,26H,12-13H2,1-2H3. The predicted octanol–water partition coefficient (Wildman–Crippen LogP) is 2.55. The second-order valence-electron chi connectivity index (χ2n) is 7.62. The molecule has 150 valence electrons. The number of sulfonamides is 1. The molecular formula is C21H21N3O4S. The lowest BCUT2D eigenvalue weighted by Gasteiger charge is -2.44. The van der Waals surface area contributed by atoms with Crippen LogP contribution in [0.5, 0.6) is 0 Å². The summed E-state index contributed by atoms with van der Waals surface area (Å²) in [6, 6.07) is 13.4. The number of likely N-dealkylation sites (tertiary alicyclic amines) is 1. The Morgan fingerprint density at radius 1 is 1.17 bits per heavy atom. The molecule has 3 aromatic rings. The molecule has 0 radical (unpaired) electrons. The first-order valence-corrected chi connectivity index (χ1v) is 10.6. The molecule has 0 atom stereocenters. The molecule has 1 fully saturated rings. The van der Waals surface area contributed by atoms with E-state index < -0.39 is 15.6 Å². The van der Waals surface area contributed by atoms with Gasteiger partial charge in [0.05, 0.1) is 29.9 Å². The third kappa shape index (κ3) is 3.68. The number of fused-ring (bicyclic) bond motifs is 1. The SMILES string of the molecule is Cc1cc(C(=O)N2CC(C)(O)C2)ccc1NS(=O)(=O)c1cccc2cccnc12. The van der Waals surface area contributed by atoms with Crippen LogP contribution in [0, 0.1) is 6.92 Å². The van der Waals surface area contributed by atoms with Crippen LogP contribution in [0.1, 0.15) is 22.8 Å². The largest absolute Gasteiger partial charge is 0.386 e. The van der Waals surface area contributed by atoms with E-state index in [2.05, 4.69) is 9.71 Å². The Bertz CT molecular complexity index is 1210. The maximum absolute atomic E-state index is 13.0. The Morgan fingerprint density at radius 3 is 2.59 bits per heavy atom. The minimum Gasteiger partial charge on any atom is -0.386 e. The Balaban J connectivity index is 1.60. The van der Waals surface area contributed by atoms with Gasteiger partial charge in [-0.05, 0) is 49.7 Å². The van der Waals surface area contributed by atoms with E-state index in [0.29, 0.717) is 22.3 Å². The highest BCUT2D eigenvalue weighted by Gasteiger charge is 2.39. The maximum Gasteiger partial charge on any atom is 0.264 e. The van der Waals surface area contributed by atoms with Crippen molar-refractivity contribution >= 4 is 32.5 Å². The third-order valence-electron chi connectivity index (χ3n) is 4.95. The van der Waals surface area contributed by atoms with Gasteiger partial charge in [0.25, 0.3) is 15.9 Å². The molecule has 0 saturated carbocycles. The molecule has 1 aromatic heterocycles. The number of para-hydroxylation sites is 1. The van der Waals surface area contributed by atoms with Crippen LogP contribution in [-0.4, -0.2) is 48.0 Å². The monoisotopic (exact) mass is 411 g/mol. The number of β-amino-alcohol motifs (C(OH)–C–C–N with tert-alkyl or cyclic N) is 1. The van der Waals surface area contributed by atoms with Crippen LogP contribution in [0.15, 0.2) is 59.6 Å². The fourth-order valence-corrected chi connectivity index (χ4v) is 4.82. The molecule has 0 aliphatic carbocycles. The molecule has 2 heterocycles. The molecule has 0 spiro atoms. The smallest absolute Gasteiger partial charge is 0.264 e. The molecule has 2 N–H and O–H groups in total. The number of hydrogen-bond acceptors (Lipinski definition) is 5. The molecule has 4 rings (SSSR count). The second kappa shape index (κ2) is 6.82. The molecule has 1 amide bonds. The van der Waals surface area contributed by atoms with Gasteiger partial charge in [-0.1, -0.05) is 18.2 Å². The first kappa shape index (κ1) is 19.4. The van der Waals surface area contributed by atoms with Crippen LogP contribution in [0.3, 0.4) is 0 Å². The summed E-state index contributed by atoms with van der Waals surface area (Å²) in [6.07, 6.45) is 1.56. The summed E-state index contributed by atoms with van der Waals surface area (Å²) in [4.78, 5) is 18.4.